The van der Waals surface area contributed by atoms with E-state index < -0.39 is 0 Å². The summed E-state index contributed by atoms with van der Waals surface area (Å²) in [7, 11) is 1.95. The Labute approximate surface area is 122 Å². The molecule has 0 aromatic carbocycles. The number of thiophene rings is 1. The number of nitrogen functional groups attached to an aromatic ring is 1. The number of hydrogen-bond acceptors (Lipinski definition) is 6. The number of ether oxygens (including phenoxy) is 1. The van der Waals surface area contributed by atoms with Gasteiger partial charge in [0, 0.05) is 26.0 Å². The summed E-state index contributed by atoms with van der Waals surface area (Å²) in [5.74, 6) is -0.365. The minimum Gasteiger partial charge on any atom is -0.462 e. The van der Waals surface area contributed by atoms with E-state index in [2.05, 4.69) is 4.98 Å². The molecule has 0 aliphatic rings. The molecule has 20 heavy (non-hydrogen) atoms. The average molecular weight is 291 g/mol. The predicted molar refractivity (Wildman–Crippen MR) is 81.0 cm³/mol. The Kier molecular flexibility index (Phi) is 4.57. The molecule has 106 valence electrons. The Morgan fingerprint density at radius 2 is 2.35 bits per heavy atom. The zero-order valence-corrected chi connectivity index (χ0v) is 12.3. The van der Waals surface area contributed by atoms with Gasteiger partial charge in [-0.15, -0.1) is 11.3 Å². The Bertz CT molecular complexity index is 583. The number of anilines is 2. The molecule has 0 atom stereocenters. The topological polar surface area (TPSA) is 68.5 Å². The van der Waals surface area contributed by atoms with Crippen LogP contribution in [0.2, 0.25) is 0 Å². The van der Waals surface area contributed by atoms with E-state index in [1.807, 2.05) is 30.3 Å². The third-order valence-electron chi connectivity index (χ3n) is 2.73. The molecule has 5 nitrogen and oxygen atoms in total. The molecular formula is C14H17N3O2S. The molecule has 2 aromatic rings. The third kappa shape index (κ3) is 3.27. The van der Waals surface area contributed by atoms with E-state index in [4.69, 9.17) is 10.5 Å². The molecule has 0 fully saturated rings. The standard InChI is InChI=1S/C14H17N3O2S/c1-3-19-14(18)13-11(15)7-12(20-13)17(2)9-10-5-4-6-16-8-10/h4-8H,3,9,15H2,1-2H3. The fraction of sp³-hybridized carbons (Fsp3) is 0.286. The summed E-state index contributed by atoms with van der Waals surface area (Å²) >= 11 is 1.34. The van der Waals surface area contributed by atoms with Gasteiger partial charge in [-0.2, -0.15) is 0 Å². The van der Waals surface area contributed by atoms with Crippen molar-refractivity contribution < 1.29 is 9.53 Å². The summed E-state index contributed by atoms with van der Waals surface area (Å²) in [6.45, 7) is 2.82. The maximum atomic E-state index is 11.7. The number of esters is 1. The van der Waals surface area contributed by atoms with E-state index in [0.717, 1.165) is 10.6 Å². The number of pyridine rings is 1. The van der Waals surface area contributed by atoms with Gasteiger partial charge in [-0.3, -0.25) is 4.98 Å². The second-order valence-corrected chi connectivity index (χ2v) is 5.34. The smallest absolute Gasteiger partial charge is 0.350 e. The van der Waals surface area contributed by atoms with Crippen LogP contribution in [-0.4, -0.2) is 24.6 Å². The first-order valence-corrected chi connectivity index (χ1v) is 7.10. The van der Waals surface area contributed by atoms with Crippen molar-refractivity contribution in [2.75, 3.05) is 24.3 Å². The second kappa shape index (κ2) is 6.38. The van der Waals surface area contributed by atoms with Gasteiger partial charge >= 0.3 is 5.97 Å². The first-order chi connectivity index (χ1) is 9.61. The van der Waals surface area contributed by atoms with Crippen molar-refractivity contribution in [3.05, 3.63) is 41.0 Å². The average Bonchev–Trinajstić information content (AvgIpc) is 2.82. The molecule has 0 spiro atoms. The fourth-order valence-corrected chi connectivity index (χ4v) is 2.71. The van der Waals surface area contributed by atoms with E-state index in [0.29, 0.717) is 23.7 Å². The Morgan fingerprint density at radius 3 is 3.00 bits per heavy atom. The van der Waals surface area contributed by atoms with Crippen LogP contribution in [-0.2, 0) is 11.3 Å². The van der Waals surface area contributed by atoms with Gasteiger partial charge in [-0.25, -0.2) is 4.79 Å². The van der Waals surface area contributed by atoms with Crippen molar-refractivity contribution in [2.24, 2.45) is 0 Å². The molecule has 6 heteroatoms. The first-order valence-electron chi connectivity index (χ1n) is 6.28. The molecule has 0 saturated heterocycles. The molecule has 0 aliphatic carbocycles. The van der Waals surface area contributed by atoms with Gasteiger partial charge in [0.05, 0.1) is 17.3 Å². The number of aromatic nitrogens is 1. The summed E-state index contributed by atoms with van der Waals surface area (Å²) in [5.41, 5.74) is 7.43. The normalized spacial score (nSPS) is 10.3. The molecular weight excluding hydrogens is 274 g/mol. The lowest BCUT2D eigenvalue weighted by molar-refractivity contribution is 0.0533. The van der Waals surface area contributed by atoms with Crippen molar-refractivity contribution in [1.82, 2.24) is 4.98 Å². The van der Waals surface area contributed by atoms with Gasteiger partial charge in [-0.1, -0.05) is 6.07 Å². The number of rotatable bonds is 5. The number of carbonyl (C=O) groups excluding carboxylic acids is 1. The molecule has 2 N–H and O–H groups in total. The highest BCUT2D eigenvalue weighted by Gasteiger charge is 2.17. The maximum absolute atomic E-state index is 11.7. The van der Waals surface area contributed by atoms with Crippen LogP contribution >= 0.6 is 11.3 Å². The molecule has 0 bridgehead atoms. The number of nitrogens with two attached hydrogens (primary N) is 1. The minimum absolute atomic E-state index is 0.344. The molecule has 0 aliphatic heterocycles. The molecule has 0 amide bonds. The van der Waals surface area contributed by atoms with Crippen molar-refractivity contribution in [2.45, 2.75) is 13.5 Å². The summed E-state index contributed by atoms with van der Waals surface area (Å²) in [6.07, 6.45) is 3.56. The van der Waals surface area contributed by atoms with Crippen LogP contribution in [0.5, 0.6) is 0 Å². The monoisotopic (exact) mass is 291 g/mol. The van der Waals surface area contributed by atoms with Gasteiger partial charge in [0.1, 0.15) is 4.88 Å². The zero-order chi connectivity index (χ0) is 14.5. The van der Waals surface area contributed by atoms with Crippen LogP contribution in [0, 0.1) is 0 Å². The van der Waals surface area contributed by atoms with Gasteiger partial charge < -0.3 is 15.4 Å². The van der Waals surface area contributed by atoms with E-state index in [1.54, 1.807) is 19.2 Å². The van der Waals surface area contributed by atoms with Crippen LogP contribution in [0.3, 0.4) is 0 Å². The van der Waals surface area contributed by atoms with Crippen molar-refractivity contribution in [3.63, 3.8) is 0 Å². The van der Waals surface area contributed by atoms with E-state index in [1.165, 1.54) is 11.3 Å². The molecule has 2 rings (SSSR count). The van der Waals surface area contributed by atoms with Crippen molar-refractivity contribution >= 4 is 28.0 Å². The fourth-order valence-electron chi connectivity index (χ4n) is 1.78. The van der Waals surface area contributed by atoms with Gasteiger partial charge in [0.2, 0.25) is 0 Å². The third-order valence-corrected chi connectivity index (χ3v) is 3.97. The van der Waals surface area contributed by atoms with Crippen LogP contribution < -0.4 is 10.6 Å². The molecule has 0 radical (unpaired) electrons. The van der Waals surface area contributed by atoms with Crippen LogP contribution in [0.15, 0.2) is 30.6 Å². The predicted octanol–water partition coefficient (Wildman–Crippen LogP) is 2.54. The highest BCUT2D eigenvalue weighted by Crippen LogP contribution is 2.32. The highest BCUT2D eigenvalue weighted by molar-refractivity contribution is 7.18. The van der Waals surface area contributed by atoms with Crippen LogP contribution in [0.1, 0.15) is 22.2 Å². The summed E-state index contributed by atoms with van der Waals surface area (Å²) < 4.78 is 4.98. The summed E-state index contributed by atoms with van der Waals surface area (Å²) in [6, 6.07) is 5.70. The lowest BCUT2D eigenvalue weighted by Gasteiger charge is -2.16. The Morgan fingerprint density at radius 1 is 1.55 bits per heavy atom. The molecule has 0 unspecified atom stereocenters. The quantitative estimate of drug-likeness (QED) is 0.857. The summed E-state index contributed by atoms with van der Waals surface area (Å²) in [5, 5.41) is 0.925. The lowest BCUT2D eigenvalue weighted by atomic mass is 10.3. The Hall–Kier alpha value is -2.08. The van der Waals surface area contributed by atoms with Crippen LogP contribution in [0.4, 0.5) is 10.7 Å². The highest BCUT2D eigenvalue weighted by atomic mass is 32.1. The second-order valence-electron chi connectivity index (χ2n) is 4.31. The lowest BCUT2D eigenvalue weighted by Crippen LogP contribution is -2.15. The SMILES string of the molecule is CCOC(=O)c1sc(N(C)Cc2cccnc2)cc1N. The summed E-state index contributed by atoms with van der Waals surface area (Å²) in [4.78, 5) is 18.3. The number of hydrogen-bond donors (Lipinski definition) is 1. The van der Waals surface area contributed by atoms with Gasteiger partial charge in [-0.05, 0) is 24.6 Å². The van der Waals surface area contributed by atoms with Crippen molar-refractivity contribution in [3.8, 4) is 0 Å². The minimum atomic E-state index is -0.365. The molecule has 0 saturated carbocycles. The van der Waals surface area contributed by atoms with E-state index in [-0.39, 0.29) is 5.97 Å². The molecule has 2 aromatic heterocycles. The maximum Gasteiger partial charge on any atom is 0.350 e. The Balaban J connectivity index is 2.13. The number of carbonyl (C=O) groups is 1. The zero-order valence-electron chi connectivity index (χ0n) is 11.5. The van der Waals surface area contributed by atoms with E-state index >= 15 is 0 Å². The molecule has 2 heterocycles. The number of nitrogens with zero attached hydrogens (tertiary/aromatic N) is 2. The van der Waals surface area contributed by atoms with Crippen molar-refractivity contribution in [1.29, 1.82) is 0 Å². The first kappa shape index (κ1) is 14.3. The van der Waals surface area contributed by atoms with E-state index in [9.17, 15) is 4.79 Å². The van der Waals surface area contributed by atoms with Gasteiger partial charge in [0.15, 0.2) is 0 Å². The van der Waals surface area contributed by atoms with Gasteiger partial charge in [0.25, 0.3) is 0 Å². The largest absolute Gasteiger partial charge is 0.462 e. The van der Waals surface area contributed by atoms with Crippen LogP contribution in [0.25, 0.3) is 0 Å².